The minimum absolute atomic E-state index is 0.0496. The molecule has 2 heterocycles. The molecule has 9 heteroatoms. The van der Waals surface area contributed by atoms with Crippen LogP contribution in [-0.4, -0.2) is 24.9 Å². The molecule has 0 saturated heterocycles. The number of methoxy groups -OCH3 is 1. The lowest BCUT2D eigenvalue weighted by atomic mass is 9.94. The second-order valence-corrected chi connectivity index (χ2v) is 8.38. The predicted molar refractivity (Wildman–Crippen MR) is 127 cm³/mol. The molecule has 1 aliphatic rings. The molecule has 0 aliphatic carbocycles. The first-order chi connectivity index (χ1) is 16.2. The number of nitrogens with one attached hydrogen (secondary N) is 2. The number of imide groups is 1. The highest BCUT2D eigenvalue weighted by atomic mass is 35.5. The van der Waals surface area contributed by atoms with Gasteiger partial charge < -0.3 is 14.5 Å². The number of aryl methyl sites for hydroxylation is 2. The molecule has 0 bridgehead atoms. The fraction of sp³-hybridized carbons (Fsp3) is 0.120. The molecule has 34 heavy (non-hydrogen) atoms. The number of carbonyl (C=O) groups is 3. The van der Waals surface area contributed by atoms with Crippen LogP contribution in [-0.2, 0) is 4.74 Å². The highest BCUT2D eigenvalue weighted by Crippen LogP contribution is 2.40. The standard InChI is InChI=1S/C25H17ClN2O6/c1-10-5-4-6-11(2)19(10)27-20-17-15(23(30)28-24(17)31)16(25(32)33-3)18-21(29)13-9-12(26)7-8-14(13)34-22(18)20/h4-9,27H,1-3H3,(H,28,30,31). The molecule has 3 aromatic carbocycles. The second kappa shape index (κ2) is 7.71. The fourth-order valence-corrected chi connectivity index (χ4v) is 4.48. The Morgan fingerprint density at radius 2 is 1.68 bits per heavy atom. The summed E-state index contributed by atoms with van der Waals surface area (Å²) in [5.74, 6) is -2.48. The number of hydrogen-bond donors (Lipinski definition) is 2. The van der Waals surface area contributed by atoms with Crippen LogP contribution in [0.3, 0.4) is 0 Å². The maximum absolute atomic E-state index is 13.6. The van der Waals surface area contributed by atoms with E-state index >= 15 is 0 Å². The molecule has 0 atom stereocenters. The number of carbonyl (C=O) groups excluding carboxylic acids is 3. The highest BCUT2D eigenvalue weighted by Gasteiger charge is 2.39. The normalized spacial score (nSPS) is 12.7. The molecule has 4 aromatic rings. The van der Waals surface area contributed by atoms with Crippen LogP contribution in [0.4, 0.5) is 11.4 Å². The van der Waals surface area contributed by atoms with E-state index in [9.17, 15) is 19.2 Å². The Kier molecular flexibility index (Phi) is 4.91. The van der Waals surface area contributed by atoms with E-state index in [1.807, 2.05) is 32.0 Å². The van der Waals surface area contributed by atoms with Crippen LogP contribution in [0.1, 0.15) is 42.2 Å². The molecule has 2 N–H and O–H groups in total. The summed E-state index contributed by atoms with van der Waals surface area (Å²) in [7, 11) is 1.12. The Morgan fingerprint density at radius 1 is 1.00 bits per heavy atom. The summed E-state index contributed by atoms with van der Waals surface area (Å²) in [4.78, 5) is 52.2. The summed E-state index contributed by atoms with van der Waals surface area (Å²) in [5, 5.41) is 5.64. The number of anilines is 2. The number of hydrogen-bond acceptors (Lipinski definition) is 7. The summed E-state index contributed by atoms with van der Waals surface area (Å²) >= 11 is 6.09. The first kappa shape index (κ1) is 21.7. The quantitative estimate of drug-likeness (QED) is 0.251. The molecule has 1 aromatic heterocycles. The molecule has 1 aliphatic heterocycles. The monoisotopic (exact) mass is 476 g/mol. The number of fused-ring (bicyclic) bond motifs is 3. The van der Waals surface area contributed by atoms with E-state index in [2.05, 4.69) is 10.6 Å². The van der Waals surface area contributed by atoms with E-state index < -0.39 is 23.2 Å². The molecular weight excluding hydrogens is 460 g/mol. The summed E-state index contributed by atoms with van der Waals surface area (Å²) in [5.41, 5.74) is 1.38. The van der Waals surface area contributed by atoms with E-state index in [0.29, 0.717) is 10.7 Å². The summed E-state index contributed by atoms with van der Waals surface area (Å²) in [6.07, 6.45) is 0. The van der Waals surface area contributed by atoms with Gasteiger partial charge in [0.25, 0.3) is 11.8 Å². The minimum Gasteiger partial charge on any atom is -0.465 e. The number of para-hydroxylation sites is 1. The maximum atomic E-state index is 13.6. The van der Waals surface area contributed by atoms with Gasteiger partial charge >= 0.3 is 5.97 Å². The van der Waals surface area contributed by atoms with Crippen molar-refractivity contribution >= 4 is 62.7 Å². The average molecular weight is 477 g/mol. The summed E-state index contributed by atoms with van der Waals surface area (Å²) in [6.45, 7) is 3.75. The number of esters is 1. The third-order valence-electron chi connectivity index (χ3n) is 5.88. The maximum Gasteiger partial charge on any atom is 0.339 e. The SMILES string of the molecule is COC(=O)c1c2c(c(Nc3c(C)cccc3C)c3oc4ccc(Cl)cc4c(=O)c13)C(=O)NC2=O. The highest BCUT2D eigenvalue weighted by molar-refractivity contribution is 6.32. The van der Waals surface area contributed by atoms with Crippen molar-refractivity contribution in [1.29, 1.82) is 0 Å². The van der Waals surface area contributed by atoms with Gasteiger partial charge in [-0.1, -0.05) is 29.8 Å². The number of benzene rings is 3. The Bertz CT molecular complexity index is 1630. The molecule has 2 amide bonds. The van der Waals surface area contributed by atoms with Gasteiger partial charge in [0.2, 0.25) is 5.43 Å². The Labute approximate surface area is 197 Å². The first-order valence-corrected chi connectivity index (χ1v) is 10.6. The van der Waals surface area contributed by atoms with Crippen LogP contribution in [0.2, 0.25) is 5.02 Å². The van der Waals surface area contributed by atoms with Gasteiger partial charge in [-0.2, -0.15) is 0 Å². The predicted octanol–water partition coefficient (Wildman–Crippen LogP) is 4.63. The molecule has 5 rings (SSSR count). The van der Waals surface area contributed by atoms with Crippen LogP contribution >= 0.6 is 11.6 Å². The van der Waals surface area contributed by atoms with Crippen LogP contribution < -0.4 is 16.1 Å². The van der Waals surface area contributed by atoms with E-state index in [0.717, 1.165) is 18.2 Å². The second-order valence-electron chi connectivity index (χ2n) is 7.94. The zero-order valence-electron chi connectivity index (χ0n) is 18.3. The molecule has 170 valence electrons. The van der Waals surface area contributed by atoms with E-state index in [4.69, 9.17) is 20.8 Å². The number of ether oxygens (including phenoxy) is 1. The molecule has 0 spiro atoms. The fourth-order valence-electron chi connectivity index (χ4n) is 4.30. The zero-order chi connectivity index (χ0) is 24.3. The molecule has 0 fully saturated rings. The molecule has 0 saturated carbocycles. The van der Waals surface area contributed by atoms with Crippen molar-refractivity contribution in [2.24, 2.45) is 0 Å². The van der Waals surface area contributed by atoms with E-state index in [1.165, 1.54) is 12.1 Å². The Balaban J connectivity index is 2.02. The smallest absolute Gasteiger partial charge is 0.339 e. The molecule has 0 radical (unpaired) electrons. The lowest BCUT2D eigenvalue weighted by Gasteiger charge is -2.18. The lowest BCUT2D eigenvalue weighted by molar-refractivity contribution is 0.0598. The van der Waals surface area contributed by atoms with Gasteiger partial charge in [0.1, 0.15) is 5.58 Å². The van der Waals surface area contributed by atoms with Gasteiger partial charge in [0, 0.05) is 10.7 Å². The van der Waals surface area contributed by atoms with Gasteiger partial charge in [-0.05, 0) is 43.2 Å². The van der Waals surface area contributed by atoms with E-state index in [-0.39, 0.29) is 44.3 Å². The third kappa shape index (κ3) is 3.07. The van der Waals surface area contributed by atoms with Crippen molar-refractivity contribution in [3.63, 3.8) is 0 Å². The summed E-state index contributed by atoms with van der Waals surface area (Å²) in [6, 6.07) is 10.1. The summed E-state index contributed by atoms with van der Waals surface area (Å²) < 4.78 is 11.0. The topological polar surface area (TPSA) is 115 Å². The van der Waals surface area contributed by atoms with Gasteiger partial charge in [-0.25, -0.2) is 4.79 Å². The van der Waals surface area contributed by atoms with Gasteiger partial charge in [-0.15, -0.1) is 0 Å². The van der Waals surface area contributed by atoms with Crippen molar-refractivity contribution in [1.82, 2.24) is 5.32 Å². The van der Waals surface area contributed by atoms with E-state index in [1.54, 1.807) is 6.07 Å². The van der Waals surface area contributed by atoms with Crippen molar-refractivity contribution in [3.8, 4) is 0 Å². The number of amides is 2. The Hall–Kier alpha value is -4.17. The molecular formula is C25H17ClN2O6. The molecule has 0 unspecified atom stereocenters. The number of rotatable bonds is 3. The van der Waals surface area contributed by atoms with Crippen LogP contribution in [0.15, 0.2) is 45.6 Å². The van der Waals surface area contributed by atoms with Gasteiger partial charge in [0.15, 0.2) is 5.58 Å². The third-order valence-corrected chi connectivity index (χ3v) is 6.12. The van der Waals surface area contributed by atoms with Crippen LogP contribution in [0, 0.1) is 13.8 Å². The van der Waals surface area contributed by atoms with Crippen molar-refractivity contribution < 1.29 is 23.5 Å². The lowest BCUT2D eigenvalue weighted by Crippen LogP contribution is -2.21. The van der Waals surface area contributed by atoms with Gasteiger partial charge in [0.05, 0.1) is 40.3 Å². The van der Waals surface area contributed by atoms with Crippen molar-refractivity contribution in [2.75, 3.05) is 12.4 Å². The largest absolute Gasteiger partial charge is 0.465 e. The van der Waals surface area contributed by atoms with Gasteiger partial charge in [-0.3, -0.25) is 19.7 Å². The Morgan fingerprint density at radius 3 is 2.35 bits per heavy atom. The first-order valence-electron chi connectivity index (χ1n) is 10.3. The average Bonchev–Trinajstić information content (AvgIpc) is 3.10. The minimum atomic E-state index is -0.946. The van der Waals surface area contributed by atoms with Crippen LogP contribution in [0.25, 0.3) is 21.9 Å². The van der Waals surface area contributed by atoms with Crippen LogP contribution in [0.5, 0.6) is 0 Å². The zero-order valence-corrected chi connectivity index (χ0v) is 19.0. The molecule has 8 nitrogen and oxygen atoms in total. The van der Waals surface area contributed by atoms with Crippen molar-refractivity contribution in [3.05, 3.63) is 79.5 Å². The number of halogens is 1. The van der Waals surface area contributed by atoms with Crippen molar-refractivity contribution in [2.45, 2.75) is 13.8 Å².